The van der Waals surface area contributed by atoms with Gasteiger partial charge in [-0.15, -0.1) is 11.3 Å². The van der Waals surface area contributed by atoms with Crippen molar-refractivity contribution in [3.8, 4) is 33.8 Å². The number of benzene rings is 8. The lowest BCUT2D eigenvalue weighted by Gasteiger charge is -2.15. The SMILES string of the molecule is c1ccc(-c2nc(-c3cccc(-c4cc5c6ccccc6c6ccccc6c5c5sc6ccccc6c45)c3)nc3ccccc23)cc1. The van der Waals surface area contributed by atoms with E-state index in [2.05, 4.69) is 146 Å². The van der Waals surface area contributed by atoms with E-state index in [1.807, 2.05) is 23.5 Å². The topological polar surface area (TPSA) is 25.8 Å². The van der Waals surface area contributed by atoms with Crippen LogP contribution in [0.25, 0.3) is 97.2 Å². The van der Waals surface area contributed by atoms with Crippen molar-refractivity contribution < 1.29 is 0 Å². The highest BCUT2D eigenvalue weighted by Gasteiger charge is 2.19. The van der Waals surface area contributed by atoms with Crippen LogP contribution in [0.2, 0.25) is 0 Å². The van der Waals surface area contributed by atoms with E-state index in [-0.39, 0.29) is 0 Å². The molecule has 2 nitrogen and oxygen atoms in total. The van der Waals surface area contributed by atoms with Gasteiger partial charge in [0.15, 0.2) is 5.82 Å². The van der Waals surface area contributed by atoms with E-state index in [0.717, 1.165) is 39.1 Å². The summed E-state index contributed by atoms with van der Waals surface area (Å²) in [4.78, 5) is 10.3. The Morgan fingerprint density at radius 3 is 1.79 bits per heavy atom. The summed E-state index contributed by atoms with van der Waals surface area (Å²) in [5, 5.41) is 11.4. The number of rotatable bonds is 3. The number of aromatic nitrogens is 2. The molecule has 0 saturated heterocycles. The summed E-state index contributed by atoms with van der Waals surface area (Å²) in [5.74, 6) is 0.730. The van der Waals surface area contributed by atoms with Gasteiger partial charge in [0, 0.05) is 42.1 Å². The molecular formula is C44H26N2S. The van der Waals surface area contributed by atoms with Crippen molar-refractivity contribution in [1.29, 1.82) is 0 Å². The number of thiophene rings is 1. The first-order chi connectivity index (χ1) is 23.3. The molecule has 10 aromatic rings. The standard InChI is InChI=1S/C44H26N2S/c1-2-13-27(14-3-1)42-34-21-8-10-23-38(34)45-44(46-42)29-16-12-15-28(25-29)36-26-37-32-19-5-4-17-30(32)31-18-6-7-20-33(31)40(37)43-41(36)35-22-9-11-24-39(35)47-43/h1-26H. The minimum Gasteiger partial charge on any atom is -0.228 e. The maximum Gasteiger partial charge on any atom is 0.160 e. The zero-order chi connectivity index (χ0) is 30.9. The van der Waals surface area contributed by atoms with Crippen LogP contribution in [0, 0.1) is 0 Å². The van der Waals surface area contributed by atoms with E-state index in [1.165, 1.54) is 58.1 Å². The normalized spacial score (nSPS) is 11.8. The van der Waals surface area contributed by atoms with Crippen LogP contribution in [0.4, 0.5) is 0 Å². The summed E-state index contributed by atoms with van der Waals surface area (Å²) in [7, 11) is 0. The summed E-state index contributed by atoms with van der Waals surface area (Å²) in [6.45, 7) is 0. The van der Waals surface area contributed by atoms with Crippen LogP contribution >= 0.6 is 11.3 Å². The second-order valence-electron chi connectivity index (χ2n) is 12.1. The van der Waals surface area contributed by atoms with Gasteiger partial charge in [-0.1, -0.05) is 133 Å². The monoisotopic (exact) mass is 614 g/mol. The smallest absolute Gasteiger partial charge is 0.160 e. The molecule has 2 aromatic heterocycles. The number of hydrogen-bond donors (Lipinski definition) is 0. The lowest BCUT2D eigenvalue weighted by Crippen LogP contribution is -1.95. The van der Waals surface area contributed by atoms with Gasteiger partial charge in [-0.3, -0.25) is 0 Å². The molecular weight excluding hydrogens is 589 g/mol. The maximum absolute atomic E-state index is 5.19. The van der Waals surface area contributed by atoms with Gasteiger partial charge in [0.25, 0.3) is 0 Å². The Kier molecular flexibility index (Phi) is 5.78. The second kappa shape index (κ2) is 10.3. The largest absolute Gasteiger partial charge is 0.228 e. The number of fused-ring (bicyclic) bond motifs is 11. The first-order valence-electron chi connectivity index (χ1n) is 15.9. The average Bonchev–Trinajstić information content (AvgIpc) is 3.54. The van der Waals surface area contributed by atoms with Crippen molar-refractivity contribution in [2.75, 3.05) is 0 Å². The molecule has 0 bridgehead atoms. The summed E-state index contributed by atoms with van der Waals surface area (Å²) < 4.78 is 2.63. The second-order valence-corrected chi connectivity index (χ2v) is 13.2. The zero-order valence-corrected chi connectivity index (χ0v) is 26.1. The van der Waals surface area contributed by atoms with E-state index in [0.29, 0.717) is 0 Å². The Labute approximate surface area is 275 Å². The van der Waals surface area contributed by atoms with Crippen LogP contribution in [-0.4, -0.2) is 9.97 Å². The molecule has 8 aromatic carbocycles. The van der Waals surface area contributed by atoms with Gasteiger partial charge >= 0.3 is 0 Å². The fourth-order valence-corrected chi connectivity index (χ4v) is 8.63. The molecule has 3 heteroatoms. The fraction of sp³-hybridized carbons (Fsp3) is 0. The van der Waals surface area contributed by atoms with Crippen molar-refractivity contribution >= 4 is 74.7 Å². The van der Waals surface area contributed by atoms with Crippen LogP contribution in [0.3, 0.4) is 0 Å². The molecule has 0 N–H and O–H groups in total. The molecule has 47 heavy (non-hydrogen) atoms. The van der Waals surface area contributed by atoms with Crippen molar-refractivity contribution in [2.24, 2.45) is 0 Å². The van der Waals surface area contributed by atoms with Crippen molar-refractivity contribution in [2.45, 2.75) is 0 Å². The van der Waals surface area contributed by atoms with Crippen molar-refractivity contribution in [3.63, 3.8) is 0 Å². The van der Waals surface area contributed by atoms with Gasteiger partial charge in [0.2, 0.25) is 0 Å². The maximum atomic E-state index is 5.19. The van der Waals surface area contributed by atoms with Crippen LogP contribution in [-0.2, 0) is 0 Å². The highest BCUT2D eigenvalue weighted by atomic mass is 32.1. The lowest BCUT2D eigenvalue weighted by molar-refractivity contribution is 1.23. The first kappa shape index (κ1) is 26.3. The summed E-state index contributed by atoms with van der Waals surface area (Å²) >= 11 is 1.90. The predicted octanol–water partition coefficient (Wildman–Crippen LogP) is 12.5. The minimum absolute atomic E-state index is 0.730. The highest BCUT2D eigenvalue weighted by molar-refractivity contribution is 7.27. The molecule has 0 atom stereocenters. The Hall–Kier alpha value is -5.90. The third kappa shape index (κ3) is 4.04. The molecule has 0 aliphatic heterocycles. The van der Waals surface area contributed by atoms with E-state index >= 15 is 0 Å². The molecule has 0 amide bonds. The molecule has 0 aliphatic carbocycles. The van der Waals surface area contributed by atoms with Gasteiger partial charge in [0.1, 0.15) is 0 Å². The average molecular weight is 615 g/mol. The number of hydrogen-bond acceptors (Lipinski definition) is 3. The Morgan fingerprint density at radius 1 is 0.383 bits per heavy atom. The molecule has 0 saturated carbocycles. The van der Waals surface area contributed by atoms with Gasteiger partial charge in [-0.25, -0.2) is 9.97 Å². The quantitative estimate of drug-likeness (QED) is 0.185. The van der Waals surface area contributed by atoms with Gasteiger partial charge in [-0.05, 0) is 62.3 Å². The van der Waals surface area contributed by atoms with Gasteiger partial charge in [-0.2, -0.15) is 0 Å². The van der Waals surface area contributed by atoms with E-state index in [9.17, 15) is 0 Å². The van der Waals surface area contributed by atoms with Crippen molar-refractivity contribution in [3.05, 3.63) is 158 Å². The number of para-hydroxylation sites is 1. The number of nitrogens with zero attached hydrogens (tertiary/aromatic N) is 2. The Bertz CT molecular complexity index is 2850. The summed E-state index contributed by atoms with van der Waals surface area (Å²) in [6, 6.07) is 56.5. The van der Waals surface area contributed by atoms with E-state index in [4.69, 9.17) is 9.97 Å². The van der Waals surface area contributed by atoms with Crippen LogP contribution in [0.5, 0.6) is 0 Å². The highest BCUT2D eigenvalue weighted by Crippen LogP contribution is 2.48. The molecule has 0 unspecified atom stereocenters. The van der Waals surface area contributed by atoms with Crippen molar-refractivity contribution in [1.82, 2.24) is 9.97 Å². The molecule has 2 heterocycles. The Morgan fingerprint density at radius 2 is 0.979 bits per heavy atom. The minimum atomic E-state index is 0.730. The molecule has 0 aliphatic rings. The van der Waals surface area contributed by atoms with Gasteiger partial charge < -0.3 is 0 Å². The summed E-state index contributed by atoms with van der Waals surface area (Å²) in [5.41, 5.74) is 6.37. The van der Waals surface area contributed by atoms with E-state index < -0.39 is 0 Å². The first-order valence-corrected chi connectivity index (χ1v) is 16.7. The van der Waals surface area contributed by atoms with Crippen LogP contribution < -0.4 is 0 Å². The van der Waals surface area contributed by atoms with E-state index in [1.54, 1.807) is 0 Å². The Balaban J connectivity index is 1.29. The van der Waals surface area contributed by atoms with Gasteiger partial charge in [0.05, 0.1) is 11.2 Å². The predicted molar refractivity (Wildman–Crippen MR) is 201 cm³/mol. The molecule has 218 valence electrons. The molecule has 0 fully saturated rings. The third-order valence-corrected chi connectivity index (χ3v) is 10.6. The molecule has 0 spiro atoms. The third-order valence-electron chi connectivity index (χ3n) is 9.44. The molecule has 0 radical (unpaired) electrons. The lowest BCUT2D eigenvalue weighted by atomic mass is 9.89. The summed E-state index contributed by atoms with van der Waals surface area (Å²) in [6.07, 6.45) is 0. The molecule has 10 rings (SSSR count). The fourth-order valence-electron chi connectivity index (χ4n) is 7.34. The zero-order valence-electron chi connectivity index (χ0n) is 25.3. The van der Waals surface area contributed by atoms with Crippen LogP contribution in [0.15, 0.2) is 158 Å². The van der Waals surface area contributed by atoms with Crippen LogP contribution in [0.1, 0.15) is 0 Å².